The van der Waals surface area contributed by atoms with Gasteiger partial charge in [0.15, 0.2) is 0 Å². The molecule has 4 heteroatoms. The van der Waals surface area contributed by atoms with Crippen LogP contribution in [0.25, 0.3) is 0 Å². The monoisotopic (exact) mass is 298 g/mol. The van der Waals surface area contributed by atoms with E-state index in [9.17, 15) is 4.79 Å². The molecule has 3 N–H and O–H groups in total. The lowest BCUT2D eigenvalue weighted by molar-refractivity contribution is -0.117. The Hall–Kier alpha value is -0.870. The van der Waals surface area contributed by atoms with Crippen molar-refractivity contribution in [3.05, 3.63) is 28.2 Å². The molecular weight excluding hydrogens is 280 g/mol. The van der Waals surface area contributed by atoms with Crippen LogP contribution in [-0.2, 0) is 4.79 Å². The van der Waals surface area contributed by atoms with Crippen LogP contribution in [0.4, 0.5) is 5.69 Å². The molecule has 1 aromatic rings. The number of anilines is 1. The Bertz CT molecular complexity index is 389. The molecule has 0 aliphatic carbocycles. The smallest absolute Gasteiger partial charge is 0.224 e. The van der Waals surface area contributed by atoms with E-state index in [-0.39, 0.29) is 11.8 Å². The first-order valence-corrected chi connectivity index (χ1v) is 6.62. The molecule has 0 bridgehead atoms. The van der Waals surface area contributed by atoms with Gasteiger partial charge in [0, 0.05) is 10.9 Å². The van der Waals surface area contributed by atoms with Crippen molar-refractivity contribution in [3.8, 4) is 0 Å². The average Bonchev–Trinajstić information content (AvgIpc) is 2.29. The molecule has 17 heavy (non-hydrogen) atoms. The number of hydrogen-bond acceptors (Lipinski definition) is 2. The van der Waals surface area contributed by atoms with Crippen LogP contribution in [0.5, 0.6) is 0 Å². The molecule has 0 fully saturated rings. The number of nitrogens with one attached hydrogen (secondary N) is 1. The molecule has 1 unspecified atom stereocenters. The minimum Gasteiger partial charge on any atom is -0.330 e. The fraction of sp³-hybridized carbons (Fsp3) is 0.462. The summed E-state index contributed by atoms with van der Waals surface area (Å²) in [5.41, 5.74) is 7.55. The maximum Gasteiger partial charge on any atom is 0.224 e. The second-order valence-corrected chi connectivity index (χ2v) is 5.10. The van der Waals surface area contributed by atoms with Crippen molar-refractivity contribution >= 4 is 27.5 Å². The van der Waals surface area contributed by atoms with Crippen molar-refractivity contribution in [2.24, 2.45) is 11.7 Å². The highest BCUT2D eigenvalue weighted by Gasteiger charge is 2.11. The SMILES string of the molecule is CCC(CN)CC(=O)Nc1ccc(C)cc1Br. The zero-order chi connectivity index (χ0) is 12.8. The van der Waals surface area contributed by atoms with Gasteiger partial charge in [-0.2, -0.15) is 0 Å². The summed E-state index contributed by atoms with van der Waals surface area (Å²) >= 11 is 3.44. The van der Waals surface area contributed by atoms with Gasteiger partial charge in [0.05, 0.1) is 5.69 Å². The highest BCUT2D eigenvalue weighted by atomic mass is 79.9. The van der Waals surface area contributed by atoms with E-state index in [1.54, 1.807) is 0 Å². The summed E-state index contributed by atoms with van der Waals surface area (Å²) in [6, 6.07) is 5.86. The molecule has 0 aliphatic heterocycles. The van der Waals surface area contributed by atoms with Gasteiger partial charge in [-0.25, -0.2) is 0 Å². The number of nitrogens with two attached hydrogens (primary N) is 1. The number of hydrogen-bond donors (Lipinski definition) is 2. The normalized spacial score (nSPS) is 12.2. The van der Waals surface area contributed by atoms with E-state index in [0.29, 0.717) is 13.0 Å². The third-order valence-electron chi connectivity index (χ3n) is 2.78. The van der Waals surface area contributed by atoms with Gasteiger partial charge < -0.3 is 11.1 Å². The van der Waals surface area contributed by atoms with Gasteiger partial charge in [0.1, 0.15) is 0 Å². The van der Waals surface area contributed by atoms with Crippen LogP contribution in [0, 0.1) is 12.8 Å². The number of carbonyl (C=O) groups is 1. The van der Waals surface area contributed by atoms with Crippen molar-refractivity contribution in [2.75, 3.05) is 11.9 Å². The van der Waals surface area contributed by atoms with Crippen LogP contribution in [-0.4, -0.2) is 12.5 Å². The second kappa shape index (κ2) is 6.77. The Morgan fingerprint density at radius 3 is 2.76 bits per heavy atom. The highest BCUT2D eigenvalue weighted by Crippen LogP contribution is 2.23. The van der Waals surface area contributed by atoms with Gasteiger partial charge in [-0.05, 0) is 53.0 Å². The molecule has 0 aromatic heterocycles. The van der Waals surface area contributed by atoms with E-state index in [0.717, 1.165) is 22.1 Å². The Morgan fingerprint density at radius 2 is 2.24 bits per heavy atom. The standard InChI is InChI=1S/C13H19BrN2O/c1-3-10(8-15)7-13(17)16-12-5-4-9(2)6-11(12)14/h4-6,10H,3,7-8,15H2,1-2H3,(H,16,17). The van der Waals surface area contributed by atoms with Gasteiger partial charge >= 0.3 is 0 Å². The molecule has 1 atom stereocenters. The van der Waals surface area contributed by atoms with Crippen LogP contribution in [0.1, 0.15) is 25.3 Å². The zero-order valence-corrected chi connectivity index (χ0v) is 11.9. The van der Waals surface area contributed by atoms with E-state index in [4.69, 9.17) is 5.73 Å². The van der Waals surface area contributed by atoms with Crippen LogP contribution < -0.4 is 11.1 Å². The molecule has 1 rings (SSSR count). The van der Waals surface area contributed by atoms with Crippen molar-refractivity contribution < 1.29 is 4.79 Å². The summed E-state index contributed by atoms with van der Waals surface area (Å²) in [5, 5.41) is 2.90. The van der Waals surface area contributed by atoms with Gasteiger partial charge in [-0.15, -0.1) is 0 Å². The Morgan fingerprint density at radius 1 is 1.53 bits per heavy atom. The van der Waals surface area contributed by atoms with E-state index in [2.05, 4.69) is 21.2 Å². The molecule has 94 valence electrons. The topological polar surface area (TPSA) is 55.1 Å². The van der Waals surface area contributed by atoms with Crippen molar-refractivity contribution in [1.29, 1.82) is 0 Å². The van der Waals surface area contributed by atoms with Crippen molar-refractivity contribution in [3.63, 3.8) is 0 Å². The molecule has 0 saturated carbocycles. The number of amides is 1. The third-order valence-corrected chi connectivity index (χ3v) is 3.44. The van der Waals surface area contributed by atoms with Gasteiger partial charge in [-0.3, -0.25) is 4.79 Å². The molecule has 0 spiro atoms. The first-order chi connectivity index (χ1) is 8.06. The highest BCUT2D eigenvalue weighted by molar-refractivity contribution is 9.10. The van der Waals surface area contributed by atoms with Gasteiger partial charge in [-0.1, -0.05) is 19.4 Å². The van der Waals surface area contributed by atoms with E-state index < -0.39 is 0 Å². The Labute approximate surface area is 111 Å². The largest absolute Gasteiger partial charge is 0.330 e. The van der Waals surface area contributed by atoms with Crippen molar-refractivity contribution in [1.82, 2.24) is 0 Å². The summed E-state index contributed by atoms with van der Waals surface area (Å²) in [5.74, 6) is 0.283. The molecule has 0 saturated heterocycles. The number of aryl methyl sites for hydroxylation is 1. The van der Waals surface area contributed by atoms with Crippen LogP contribution in [0.2, 0.25) is 0 Å². The lowest BCUT2D eigenvalue weighted by Crippen LogP contribution is -2.21. The summed E-state index contributed by atoms with van der Waals surface area (Å²) in [6.45, 7) is 4.61. The minimum atomic E-state index is 0.0202. The molecule has 0 radical (unpaired) electrons. The lowest BCUT2D eigenvalue weighted by Gasteiger charge is -2.13. The van der Waals surface area contributed by atoms with Crippen LogP contribution in [0.15, 0.2) is 22.7 Å². The zero-order valence-electron chi connectivity index (χ0n) is 10.3. The number of benzene rings is 1. The number of halogens is 1. The molecule has 1 aromatic carbocycles. The maximum absolute atomic E-state index is 11.8. The summed E-state index contributed by atoms with van der Waals surface area (Å²) in [7, 11) is 0. The van der Waals surface area contributed by atoms with Crippen molar-refractivity contribution in [2.45, 2.75) is 26.7 Å². The number of rotatable bonds is 5. The lowest BCUT2D eigenvalue weighted by atomic mass is 10.0. The van der Waals surface area contributed by atoms with E-state index in [1.165, 1.54) is 0 Å². The van der Waals surface area contributed by atoms with Crippen LogP contribution in [0.3, 0.4) is 0 Å². The van der Waals surface area contributed by atoms with E-state index >= 15 is 0 Å². The molecule has 0 aliphatic rings. The predicted octanol–water partition coefficient (Wildman–Crippen LogP) is 3.07. The Balaban J connectivity index is 2.62. The second-order valence-electron chi connectivity index (χ2n) is 4.25. The van der Waals surface area contributed by atoms with E-state index in [1.807, 2.05) is 32.0 Å². The Kier molecular flexibility index (Phi) is 5.65. The third kappa shape index (κ3) is 4.48. The molecular formula is C13H19BrN2O. The fourth-order valence-electron chi connectivity index (χ4n) is 1.58. The van der Waals surface area contributed by atoms with Gasteiger partial charge in [0.25, 0.3) is 0 Å². The first kappa shape index (κ1) is 14.2. The fourth-order valence-corrected chi connectivity index (χ4v) is 2.17. The number of carbonyl (C=O) groups excluding carboxylic acids is 1. The predicted molar refractivity (Wildman–Crippen MR) is 75.0 cm³/mol. The molecule has 0 heterocycles. The quantitative estimate of drug-likeness (QED) is 0.878. The minimum absolute atomic E-state index is 0.0202. The molecule has 1 amide bonds. The molecule has 3 nitrogen and oxygen atoms in total. The summed E-state index contributed by atoms with van der Waals surface area (Å²) in [6.07, 6.45) is 1.41. The van der Waals surface area contributed by atoms with Gasteiger partial charge in [0.2, 0.25) is 5.91 Å². The maximum atomic E-state index is 11.8. The summed E-state index contributed by atoms with van der Waals surface area (Å²) < 4.78 is 0.909. The average molecular weight is 299 g/mol. The van der Waals surface area contributed by atoms with Crippen LogP contribution >= 0.6 is 15.9 Å². The summed E-state index contributed by atoms with van der Waals surface area (Å²) in [4.78, 5) is 11.8. The first-order valence-electron chi connectivity index (χ1n) is 5.82.